The van der Waals surface area contributed by atoms with Crippen molar-refractivity contribution in [3.8, 4) is 11.5 Å². The van der Waals surface area contributed by atoms with Crippen molar-refractivity contribution in [1.29, 1.82) is 0 Å². The van der Waals surface area contributed by atoms with Crippen LogP contribution in [0.25, 0.3) is 5.57 Å². The quantitative estimate of drug-likeness (QED) is 0.0601. The van der Waals surface area contributed by atoms with Gasteiger partial charge in [0.25, 0.3) is 0 Å². The number of fused-ring (bicyclic) bond motifs is 2. The molecule has 1 aliphatic carbocycles. The van der Waals surface area contributed by atoms with E-state index in [1.54, 1.807) is 12.1 Å². The molecule has 0 saturated carbocycles. The highest BCUT2D eigenvalue weighted by Gasteiger charge is 2.35. The molecule has 1 amide bonds. The third-order valence-corrected chi connectivity index (χ3v) is 11.9. The molecule has 1 atom stereocenters. The number of amides is 1. The van der Waals surface area contributed by atoms with Gasteiger partial charge in [0.15, 0.2) is 0 Å². The number of aromatic carboxylic acids is 1. The van der Waals surface area contributed by atoms with E-state index >= 15 is 0 Å². The lowest BCUT2D eigenvalue weighted by molar-refractivity contribution is -0.138. The smallest absolute Gasteiger partial charge is 0.336 e. The number of hydrogen-bond donors (Lipinski definition) is 4. The number of nitrogens with one attached hydrogen (secondary N) is 2. The molecule has 1 aliphatic heterocycles. The van der Waals surface area contributed by atoms with Crippen molar-refractivity contribution in [1.82, 2.24) is 5.32 Å². The number of aryl methyl sites for hydroxylation is 1. The van der Waals surface area contributed by atoms with Gasteiger partial charge in [0, 0.05) is 66.7 Å². The number of hydrogen-bond acceptors (Lipinski definition) is 19. The van der Waals surface area contributed by atoms with E-state index < -0.39 is 11.9 Å². The van der Waals surface area contributed by atoms with Crippen LogP contribution in [0.15, 0.2) is 52.5 Å². The zero-order valence-corrected chi connectivity index (χ0v) is 47.0. The van der Waals surface area contributed by atoms with Crippen LogP contribution in [0.1, 0.15) is 73.5 Å². The molecule has 22 nitrogen and oxygen atoms in total. The molecule has 4 rings (SSSR count). The van der Waals surface area contributed by atoms with Crippen molar-refractivity contribution in [3.05, 3.63) is 69.8 Å². The lowest BCUT2D eigenvalue weighted by atomic mass is 9.80. The Hall–Kier alpha value is -5.08. The molecule has 2 aromatic carbocycles. The van der Waals surface area contributed by atoms with Crippen LogP contribution in [-0.4, -0.2) is 225 Å². The van der Waals surface area contributed by atoms with E-state index in [0.717, 1.165) is 45.8 Å². The van der Waals surface area contributed by atoms with Crippen molar-refractivity contribution in [2.24, 2.45) is 4.99 Å². The number of carboxylic acids is 2. The minimum Gasteiger partial charge on any atom is -0.494 e. The summed E-state index contributed by atoms with van der Waals surface area (Å²) in [5, 5.41) is 25.3. The highest BCUT2D eigenvalue weighted by molar-refractivity contribution is 6.05. The fraction of sp³-hybridized carbons (Fsp3) is 0.649. The minimum atomic E-state index is -1.07. The molecule has 444 valence electrons. The fourth-order valence-electron chi connectivity index (χ4n) is 8.01. The molecule has 0 saturated heterocycles. The number of allylic oxidation sites excluding steroid dienone is 1. The molecule has 1 heterocycles. The molecule has 0 spiro atoms. The van der Waals surface area contributed by atoms with Crippen LogP contribution >= 0.6 is 0 Å². The molecule has 0 fully saturated rings. The van der Waals surface area contributed by atoms with E-state index in [4.69, 9.17) is 76.4 Å². The maximum atomic E-state index is 12.8. The van der Waals surface area contributed by atoms with E-state index in [0.29, 0.717) is 195 Å². The van der Waals surface area contributed by atoms with Crippen LogP contribution in [0.5, 0.6) is 11.5 Å². The standard InChI is InChI=1S/C57H87N3O19/c1-5-58-50-41-52-48(38-43(50)3)56(49-39-44(4)51(59-6-2)42-53(49)79-52)46-10-9-45(40-47(46)57(64)65)78-13-7-8-54(61)60-12-15-67-17-19-69-21-23-71-25-27-73-29-31-75-33-35-77-37-36-76-34-32-74-30-28-72-26-24-70-22-20-68-18-16-66-14-11-55(62)63/h9-10,38-41,53,58H,5-8,11-37,42H2,1-4H3,(H,60,61)(H,62,63)(H,64,65). The maximum Gasteiger partial charge on any atom is 0.336 e. The van der Waals surface area contributed by atoms with Gasteiger partial charge in [-0.25, -0.2) is 4.79 Å². The Balaban J connectivity index is 0.906. The van der Waals surface area contributed by atoms with E-state index in [9.17, 15) is 19.5 Å². The van der Waals surface area contributed by atoms with Crippen molar-refractivity contribution in [2.75, 3.05) is 190 Å². The first-order valence-electron chi connectivity index (χ1n) is 27.6. The maximum absolute atomic E-state index is 12.8. The number of carboxylic acid groups (broad SMARTS) is 2. The average Bonchev–Trinajstić information content (AvgIpc) is 3.62. The molecule has 0 radical (unpaired) electrons. The summed E-state index contributed by atoms with van der Waals surface area (Å²) in [7, 11) is 0. The number of nitrogens with zero attached hydrogens (tertiary/aromatic N) is 1. The van der Waals surface area contributed by atoms with Gasteiger partial charge in [-0.05, 0) is 81.2 Å². The zero-order chi connectivity index (χ0) is 56.6. The van der Waals surface area contributed by atoms with Gasteiger partial charge in [0.05, 0.1) is 177 Å². The van der Waals surface area contributed by atoms with Gasteiger partial charge in [-0.1, -0.05) is 0 Å². The number of benzene rings is 2. The lowest BCUT2D eigenvalue weighted by Crippen LogP contribution is -2.31. The third-order valence-electron chi connectivity index (χ3n) is 11.9. The fourth-order valence-corrected chi connectivity index (χ4v) is 8.01. The van der Waals surface area contributed by atoms with Gasteiger partial charge in [-0.2, -0.15) is 0 Å². The first-order chi connectivity index (χ1) is 38.6. The van der Waals surface area contributed by atoms with E-state index in [1.165, 1.54) is 0 Å². The third kappa shape index (κ3) is 27.8. The van der Waals surface area contributed by atoms with Crippen LogP contribution < -0.4 is 20.1 Å². The highest BCUT2D eigenvalue weighted by Crippen LogP contribution is 2.46. The molecule has 2 aliphatic rings. The van der Waals surface area contributed by atoms with Crippen LogP contribution in [0.4, 0.5) is 5.69 Å². The Bertz CT molecular complexity index is 2150. The normalized spacial score (nSPS) is 14.5. The van der Waals surface area contributed by atoms with E-state index in [1.807, 2.05) is 39.8 Å². The molecular formula is C57H87N3O19. The lowest BCUT2D eigenvalue weighted by Gasteiger charge is -2.35. The molecule has 2 aromatic rings. The second-order valence-corrected chi connectivity index (χ2v) is 17.9. The molecule has 79 heavy (non-hydrogen) atoms. The van der Waals surface area contributed by atoms with Gasteiger partial charge >= 0.3 is 11.9 Å². The van der Waals surface area contributed by atoms with Gasteiger partial charge in [0.2, 0.25) is 5.91 Å². The number of carbonyl (C=O) groups is 3. The Kier molecular flexibility index (Phi) is 35.2. The Morgan fingerprint density at radius 1 is 0.595 bits per heavy atom. The van der Waals surface area contributed by atoms with Crippen LogP contribution in [0.2, 0.25) is 0 Å². The monoisotopic (exact) mass is 1120 g/mol. The Morgan fingerprint density at radius 3 is 1.53 bits per heavy atom. The minimum absolute atomic E-state index is 0.0141. The van der Waals surface area contributed by atoms with E-state index in [2.05, 4.69) is 22.8 Å². The summed E-state index contributed by atoms with van der Waals surface area (Å²) in [6.45, 7) is 20.3. The van der Waals surface area contributed by atoms with Crippen molar-refractivity contribution >= 4 is 34.8 Å². The van der Waals surface area contributed by atoms with Gasteiger partial charge < -0.3 is 87.2 Å². The molecule has 1 unspecified atom stereocenters. The summed E-state index contributed by atoms with van der Waals surface area (Å²) < 4.78 is 78.1. The average molecular weight is 1120 g/mol. The van der Waals surface area contributed by atoms with Gasteiger partial charge in [-0.3, -0.25) is 14.6 Å². The summed E-state index contributed by atoms with van der Waals surface area (Å²) >= 11 is 0. The number of aliphatic imine (C=N–C) groups is 1. The topological polar surface area (TPSA) is 257 Å². The number of anilines is 1. The van der Waals surface area contributed by atoms with Crippen LogP contribution in [-0.2, 0) is 66.4 Å². The molecule has 4 N–H and O–H groups in total. The zero-order valence-electron chi connectivity index (χ0n) is 47.0. The molecule has 22 heteroatoms. The Morgan fingerprint density at radius 2 is 1.08 bits per heavy atom. The number of rotatable bonds is 49. The summed E-state index contributed by atoms with van der Waals surface area (Å²) in [6, 6.07) is 9.21. The van der Waals surface area contributed by atoms with Crippen molar-refractivity contribution in [3.63, 3.8) is 0 Å². The molecular weight excluding hydrogens is 1030 g/mol. The first kappa shape index (κ1) is 66.4. The van der Waals surface area contributed by atoms with Crippen molar-refractivity contribution < 1.29 is 90.9 Å². The number of ether oxygens (including phenoxy) is 14. The number of carbonyl (C=O) groups excluding carboxylic acids is 1. The number of aliphatic carboxylic acids is 1. The van der Waals surface area contributed by atoms with Crippen molar-refractivity contribution in [2.45, 2.75) is 59.5 Å². The SMILES string of the molecule is CCN=C1CC2Oc3cc(NCC)c(C)cc3C(c3ccc(OCCCC(=O)NCCOCCOCCOCCOCCOCCOCCOCCOCCOCCOCCOCCOCCC(=O)O)cc3C(=O)O)=C2C=C1C. The second-order valence-electron chi connectivity index (χ2n) is 17.9. The molecule has 0 bridgehead atoms. The summed E-state index contributed by atoms with van der Waals surface area (Å²) in [4.78, 5) is 40.4. The predicted octanol–water partition coefficient (Wildman–Crippen LogP) is 5.45. The first-order valence-corrected chi connectivity index (χ1v) is 27.6. The summed E-state index contributed by atoms with van der Waals surface area (Å²) in [6.07, 6.45) is 3.02. The predicted molar refractivity (Wildman–Crippen MR) is 295 cm³/mol. The van der Waals surface area contributed by atoms with Crippen LogP contribution in [0, 0.1) is 6.92 Å². The Labute approximate surface area is 465 Å². The van der Waals surface area contributed by atoms with Gasteiger partial charge in [0.1, 0.15) is 17.6 Å². The highest BCUT2D eigenvalue weighted by atomic mass is 16.6. The second kappa shape index (κ2) is 41.9. The molecule has 0 aromatic heterocycles. The largest absolute Gasteiger partial charge is 0.494 e. The van der Waals surface area contributed by atoms with Gasteiger partial charge in [-0.15, -0.1) is 0 Å². The summed E-state index contributed by atoms with van der Waals surface area (Å²) in [5.74, 6) is -0.981. The summed E-state index contributed by atoms with van der Waals surface area (Å²) in [5.41, 5.74) is 7.29. The van der Waals surface area contributed by atoms with Crippen LogP contribution in [0.3, 0.4) is 0 Å². The van der Waals surface area contributed by atoms with E-state index in [-0.39, 0.29) is 43.6 Å².